The number of rotatable bonds is 4. The zero-order chi connectivity index (χ0) is 14.2. The number of carboxylic acids is 1. The first-order chi connectivity index (χ1) is 8.81. The molecule has 0 atom stereocenters. The highest BCUT2D eigenvalue weighted by molar-refractivity contribution is 7.92. The van der Waals surface area contributed by atoms with E-state index in [9.17, 15) is 13.2 Å². The Bertz CT molecular complexity index is 731. The van der Waals surface area contributed by atoms with Gasteiger partial charge in [0.2, 0.25) is 0 Å². The minimum absolute atomic E-state index is 0.0303. The van der Waals surface area contributed by atoms with Gasteiger partial charge in [-0.25, -0.2) is 9.78 Å². The van der Waals surface area contributed by atoms with Crippen molar-refractivity contribution in [3.63, 3.8) is 0 Å². The second kappa shape index (κ2) is 4.63. The van der Waals surface area contributed by atoms with E-state index in [1.165, 1.54) is 6.92 Å². The summed E-state index contributed by atoms with van der Waals surface area (Å²) in [5, 5.41) is 8.86. The topological polar surface area (TPSA) is 125 Å². The summed E-state index contributed by atoms with van der Waals surface area (Å²) >= 11 is 0.777. The maximum atomic E-state index is 12.0. The molecule has 3 N–H and O–H groups in total. The van der Waals surface area contributed by atoms with Gasteiger partial charge in [-0.15, -0.1) is 0 Å². The monoisotopic (exact) mass is 302 g/mol. The summed E-state index contributed by atoms with van der Waals surface area (Å²) in [4.78, 5) is 17.4. The molecule has 0 spiro atoms. The summed E-state index contributed by atoms with van der Waals surface area (Å²) in [6.45, 7) is 3.11. The number of carboxylic acid groups (broad SMARTS) is 1. The SMILES string of the molecule is Cc1ncc(S(=O)(=O)Nc2snc(C)c2C(=O)O)[nH]1. The number of hydrogen-bond donors (Lipinski definition) is 3. The van der Waals surface area contributed by atoms with E-state index < -0.39 is 16.0 Å². The molecule has 10 heteroatoms. The molecule has 19 heavy (non-hydrogen) atoms. The van der Waals surface area contributed by atoms with Gasteiger partial charge in [0.1, 0.15) is 16.4 Å². The summed E-state index contributed by atoms with van der Waals surface area (Å²) in [6.07, 6.45) is 1.16. The molecule has 102 valence electrons. The van der Waals surface area contributed by atoms with E-state index in [1.54, 1.807) is 6.92 Å². The highest BCUT2D eigenvalue weighted by atomic mass is 32.2. The molecule has 0 radical (unpaired) electrons. The van der Waals surface area contributed by atoms with Crippen molar-refractivity contribution in [1.29, 1.82) is 0 Å². The summed E-state index contributed by atoms with van der Waals surface area (Å²) in [7, 11) is -3.90. The second-order valence-corrected chi connectivity index (χ2v) is 6.14. The Kier molecular flexibility index (Phi) is 3.28. The smallest absolute Gasteiger partial charge is 0.340 e. The highest BCUT2D eigenvalue weighted by Crippen LogP contribution is 2.26. The van der Waals surface area contributed by atoms with Crippen LogP contribution in [0.2, 0.25) is 0 Å². The summed E-state index contributed by atoms with van der Waals surface area (Å²) in [5.74, 6) is -0.788. The fraction of sp³-hybridized carbons (Fsp3) is 0.222. The molecule has 0 amide bonds. The number of nitrogens with zero attached hydrogens (tertiary/aromatic N) is 2. The van der Waals surface area contributed by atoms with Crippen molar-refractivity contribution in [2.75, 3.05) is 4.72 Å². The largest absolute Gasteiger partial charge is 0.478 e. The zero-order valence-corrected chi connectivity index (χ0v) is 11.6. The van der Waals surface area contributed by atoms with E-state index in [-0.39, 0.29) is 21.3 Å². The van der Waals surface area contributed by atoms with Crippen LogP contribution in [0.5, 0.6) is 0 Å². The Morgan fingerprint density at radius 2 is 2.16 bits per heavy atom. The fourth-order valence-electron chi connectivity index (χ4n) is 1.40. The maximum Gasteiger partial charge on any atom is 0.340 e. The number of anilines is 1. The Morgan fingerprint density at radius 1 is 1.47 bits per heavy atom. The molecular weight excluding hydrogens is 292 g/mol. The Balaban J connectivity index is 2.39. The molecule has 0 saturated carbocycles. The molecule has 2 heterocycles. The molecule has 0 aromatic carbocycles. The van der Waals surface area contributed by atoms with Gasteiger partial charge in [0.25, 0.3) is 10.0 Å². The fourth-order valence-corrected chi connectivity index (χ4v) is 3.46. The third-order valence-electron chi connectivity index (χ3n) is 2.27. The molecule has 2 aromatic rings. The lowest BCUT2D eigenvalue weighted by Gasteiger charge is -2.04. The number of sulfonamides is 1. The lowest BCUT2D eigenvalue weighted by molar-refractivity contribution is 0.0697. The average Bonchev–Trinajstić information content (AvgIpc) is 2.85. The van der Waals surface area contributed by atoms with Crippen LogP contribution in [0.15, 0.2) is 11.2 Å². The predicted octanol–water partition coefficient (Wildman–Crippen LogP) is 0.982. The highest BCUT2D eigenvalue weighted by Gasteiger charge is 2.24. The number of H-pyrrole nitrogens is 1. The summed E-state index contributed by atoms with van der Waals surface area (Å²) < 4.78 is 30.0. The Morgan fingerprint density at radius 3 is 2.68 bits per heavy atom. The third-order valence-corrected chi connectivity index (χ3v) is 4.52. The van der Waals surface area contributed by atoms with E-state index in [0.717, 1.165) is 17.7 Å². The molecule has 2 aromatic heterocycles. The normalized spacial score (nSPS) is 11.5. The van der Waals surface area contributed by atoms with Crippen molar-refractivity contribution in [2.45, 2.75) is 18.9 Å². The number of aromatic carboxylic acids is 1. The van der Waals surface area contributed by atoms with E-state index in [2.05, 4.69) is 19.1 Å². The third kappa shape index (κ3) is 2.58. The van der Waals surface area contributed by atoms with Crippen LogP contribution in [-0.4, -0.2) is 33.8 Å². The second-order valence-electron chi connectivity index (χ2n) is 3.72. The Labute approximate surface area is 112 Å². The number of carbonyl (C=O) groups is 1. The quantitative estimate of drug-likeness (QED) is 0.773. The van der Waals surface area contributed by atoms with Crippen molar-refractivity contribution in [1.82, 2.24) is 14.3 Å². The maximum absolute atomic E-state index is 12.0. The minimum atomic E-state index is -3.90. The number of aromatic nitrogens is 3. The van der Waals surface area contributed by atoms with Crippen LogP contribution >= 0.6 is 11.5 Å². The van der Waals surface area contributed by atoms with Crippen LogP contribution in [0.25, 0.3) is 0 Å². The van der Waals surface area contributed by atoms with Gasteiger partial charge in [0, 0.05) is 0 Å². The molecule has 0 aliphatic carbocycles. The van der Waals surface area contributed by atoms with Crippen LogP contribution in [0.1, 0.15) is 21.9 Å². The summed E-state index contributed by atoms with van der Waals surface area (Å²) in [5.41, 5.74) is 0.112. The van der Waals surface area contributed by atoms with Gasteiger partial charge < -0.3 is 10.1 Å². The van der Waals surface area contributed by atoms with Crippen LogP contribution in [0.4, 0.5) is 5.00 Å². The first-order valence-electron chi connectivity index (χ1n) is 5.05. The molecular formula is C9H10N4O4S2. The average molecular weight is 302 g/mol. The first-order valence-corrected chi connectivity index (χ1v) is 7.31. The van der Waals surface area contributed by atoms with Crippen LogP contribution in [-0.2, 0) is 10.0 Å². The lowest BCUT2D eigenvalue weighted by atomic mass is 10.2. The van der Waals surface area contributed by atoms with Gasteiger partial charge in [0.05, 0.1) is 11.9 Å². The van der Waals surface area contributed by atoms with Crippen molar-refractivity contribution >= 4 is 32.5 Å². The van der Waals surface area contributed by atoms with E-state index >= 15 is 0 Å². The molecule has 0 saturated heterocycles. The van der Waals surface area contributed by atoms with E-state index in [1.807, 2.05) is 0 Å². The molecule has 0 aliphatic rings. The van der Waals surface area contributed by atoms with E-state index in [4.69, 9.17) is 5.11 Å². The molecule has 0 unspecified atom stereocenters. The van der Waals surface area contributed by atoms with Gasteiger partial charge in [-0.05, 0) is 25.4 Å². The molecule has 0 aliphatic heterocycles. The molecule has 0 fully saturated rings. The van der Waals surface area contributed by atoms with Crippen LogP contribution in [0, 0.1) is 13.8 Å². The van der Waals surface area contributed by atoms with E-state index in [0.29, 0.717) is 5.82 Å². The molecule has 8 nitrogen and oxygen atoms in total. The lowest BCUT2D eigenvalue weighted by Crippen LogP contribution is -2.14. The minimum Gasteiger partial charge on any atom is -0.478 e. The van der Waals surface area contributed by atoms with Gasteiger partial charge in [-0.2, -0.15) is 12.8 Å². The van der Waals surface area contributed by atoms with Crippen molar-refractivity contribution < 1.29 is 18.3 Å². The standard InChI is InChI=1S/C9H10N4O4S2/c1-4-7(9(14)15)8(18-12-4)13-19(16,17)6-3-10-5(2)11-6/h3,13H,1-2H3,(H,10,11)(H,14,15). The first kappa shape index (κ1) is 13.5. The Hall–Kier alpha value is -1.94. The number of aromatic amines is 1. The molecule has 0 bridgehead atoms. The van der Waals surface area contributed by atoms with Gasteiger partial charge in [0.15, 0.2) is 5.03 Å². The van der Waals surface area contributed by atoms with Gasteiger partial charge in [-0.1, -0.05) is 0 Å². The van der Waals surface area contributed by atoms with Gasteiger partial charge >= 0.3 is 5.97 Å². The van der Waals surface area contributed by atoms with Crippen molar-refractivity contribution in [2.24, 2.45) is 0 Å². The summed E-state index contributed by atoms with van der Waals surface area (Å²) in [6, 6.07) is 0. The zero-order valence-electron chi connectivity index (χ0n) is 9.96. The number of nitrogens with one attached hydrogen (secondary N) is 2. The number of aryl methyl sites for hydroxylation is 2. The number of imidazole rings is 1. The van der Waals surface area contributed by atoms with Crippen LogP contribution in [0.3, 0.4) is 0 Å². The predicted molar refractivity (Wildman–Crippen MR) is 67.9 cm³/mol. The van der Waals surface area contributed by atoms with Crippen molar-refractivity contribution in [3.05, 3.63) is 23.3 Å². The van der Waals surface area contributed by atoms with Crippen molar-refractivity contribution in [3.8, 4) is 0 Å². The number of hydrogen-bond acceptors (Lipinski definition) is 6. The van der Waals surface area contributed by atoms with Gasteiger partial charge in [-0.3, -0.25) is 4.72 Å². The van der Waals surface area contributed by atoms with Crippen LogP contribution < -0.4 is 4.72 Å². The molecule has 2 rings (SSSR count).